The Hall–Kier alpha value is -0.930. The number of hydrogen-bond acceptors (Lipinski definition) is 1. The molecule has 20 heavy (non-hydrogen) atoms. The number of carbonyl (C=O) groups is 1. The number of halogens is 2. The van der Waals surface area contributed by atoms with Crippen LogP contribution in [0.25, 0.3) is 0 Å². The van der Waals surface area contributed by atoms with Crippen molar-refractivity contribution in [3.63, 3.8) is 0 Å². The number of nitrogens with one attached hydrogen (secondary N) is 2. The molecule has 3 atom stereocenters. The summed E-state index contributed by atoms with van der Waals surface area (Å²) >= 11 is 11.8. The van der Waals surface area contributed by atoms with Gasteiger partial charge < -0.3 is 10.6 Å². The van der Waals surface area contributed by atoms with Crippen LogP contribution in [0, 0.1) is 11.8 Å². The first-order valence-electron chi connectivity index (χ1n) is 7.00. The minimum Gasteiger partial charge on any atom is -0.335 e. The van der Waals surface area contributed by atoms with E-state index in [1.165, 1.54) is 12.8 Å². The number of urea groups is 1. The van der Waals surface area contributed by atoms with Crippen molar-refractivity contribution in [2.75, 3.05) is 5.32 Å². The second-order valence-electron chi connectivity index (χ2n) is 5.60. The molecule has 0 aliphatic heterocycles. The topological polar surface area (TPSA) is 41.1 Å². The van der Waals surface area contributed by atoms with Crippen molar-refractivity contribution in [1.29, 1.82) is 0 Å². The van der Waals surface area contributed by atoms with Crippen LogP contribution in [0.4, 0.5) is 10.5 Å². The van der Waals surface area contributed by atoms with Crippen molar-refractivity contribution in [2.45, 2.75) is 39.2 Å². The summed E-state index contributed by atoms with van der Waals surface area (Å²) in [5, 5.41) is 6.77. The van der Waals surface area contributed by atoms with Crippen molar-refractivity contribution in [2.24, 2.45) is 11.8 Å². The second kappa shape index (κ2) is 6.68. The van der Waals surface area contributed by atoms with E-state index in [0.717, 1.165) is 6.42 Å². The van der Waals surface area contributed by atoms with Gasteiger partial charge in [-0.05, 0) is 36.5 Å². The molecule has 0 bridgehead atoms. The van der Waals surface area contributed by atoms with Gasteiger partial charge in [0.2, 0.25) is 0 Å². The number of rotatable bonds is 2. The molecule has 1 aromatic rings. The molecule has 0 heterocycles. The number of benzene rings is 1. The fraction of sp³-hybridized carbons (Fsp3) is 0.533. The summed E-state index contributed by atoms with van der Waals surface area (Å²) in [5.74, 6) is 1.15. The second-order valence-corrected chi connectivity index (χ2v) is 6.42. The molecule has 3 nitrogen and oxygen atoms in total. The molecule has 1 fully saturated rings. The van der Waals surface area contributed by atoms with Gasteiger partial charge in [-0.15, -0.1) is 0 Å². The highest BCUT2D eigenvalue weighted by Crippen LogP contribution is 2.29. The van der Waals surface area contributed by atoms with Crippen LogP contribution < -0.4 is 10.6 Å². The minimum absolute atomic E-state index is 0.186. The summed E-state index contributed by atoms with van der Waals surface area (Å²) in [4.78, 5) is 12.0. The molecule has 1 aliphatic rings. The Kier molecular flexibility index (Phi) is 5.17. The van der Waals surface area contributed by atoms with E-state index in [2.05, 4.69) is 24.5 Å². The maximum Gasteiger partial charge on any atom is 0.319 e. The molecule has 2 N–H and O–H groups in total. The fourth-order valence-corrected chi connectivity index (χ4v) is 2.99. The molecule has 5 heteroatoms. The zero-order chi connectivity index (χ0) is 14.7. The lowest BCUT2D eigenvalue weighted by molar-refractivity contribution is 0.201. The first-order chi connectivity index (χ1) is 9.47. The van der Waals surface area contributed by atoms with E-state index in [-0.39, 0.29) is 12.1 Å². The Morgan fingerprint density at radius 3 is 2.65 bits per heavy atom. The first-order valence-corrected chi connectivity index (χ1v) is 7.75. The Bertz CT molecular complexity index is 493. The Balaban J connectivity index is 1.93. The van der Waals surface area contributed by atoms with Crippen molar-refractivity contribution in [3.05, 3.63) is 28.2 Å². The van der Waals surface area contributed by atoms with Gasteiger partial charge in [-0.25, -0.2) is 4.79 Å². The average Bonchev–Trinajstić information content (AvgIpc) is 2.39. The molecule has 1 aromatic carbocycles. The zero-order valence-electron chi connectivity index (χ0n) is 11.7. The average molecular weight is 315 g/mol. The molecule has 0 unspecified atom stereocenters. The van der Waals surface area contributed by atoms with Crippen LogP contribution >= 0.6 is 23.2 Å². The first kappa shape index (κ1) is 15.5. The van der Waals surface area contributed by atoms with E-state index in [9.17, 15) is 4.79 Å². The highest BCUT2D eigenvalue weighted by Gasteiger charge is 2.28. The highest BCUT2D eigenvalue weighted by atomic mass is 35.5. The van der Waals surface area contributed by atoms with Crippen LogP contribution in [0.15, 0.2) is 18.2 Å². The van der Waals surface area contributed by atoms with E-state index in [1.807, 2.05) is 0 Å². The van der Waals surface area contributed by atoms with Gasteiger partial charge in [0.05, 0.1) is 10.0 Å². The molecular formula is C15H20Cl2N2O. The predicted octanol–water partition coefficient (Wildman–Crippen LogP) is 4.94. The molecule has 2 amide bonds. The minimum atomic E-state index is -0.186. The third-order valence-electron chi connectivity index (χ3n) is 4.20. The predicted molar refractivity (Wildman–Crippen MR) is 84.6 cm³/mol. The van der Waals surface area contributed by atoms with Gasteiger partial charge in [-0.1, -0.05) is 49.9 Å². The van der Waals surface area contributed by atoms with E-state index < -0.39 is 0 Å². The van der Waals surface area contributed by atoms with Crippen LogP contribution in [0.5, 0.6) is 0 Å². The summed E-state index contributed by atoms with van der Waals surface area (Å²) in [6.07, 6.45) is 3.46. The van der Waals surface area contributed by atoms with E-state index in [4.69, 9.17) is 23.2 Å². The van der Waals surface area contributed by atoms with Gasteiger partial charge in [-0.3, -0.25) is 0 Å². The third kappa shape index (κ3) is 3.80. The monoisotopic (exact) mass is 314 g/mol. The summed E-state index contributed by atoms with van der Waals surface area (Å²) < 4.78 is 0. The third-order valence-corrected chi connectivity index (χ3v) is 4.94. The zero-order valence-corrected chi connectivity index (χ0v) is 13.3. The Morgan fingerprint density at radius 2 is 1.95 bits per heavy atom. The van der Waals surface area contributed by atoms with Crippen molar-refractivity contribution in [3.8, 4) is 0 Å². The highest BCUT2D eigenvalue weighted by molar-refractivity contribution is 6.42. The van der Waals surface area contributed by atoms with Crippen molar-refractivity contribution >= 4 is 34.9 Å². The maximum atomic E-state index is 12.0. The summed E-state index contributed by atoms with van der Waals surface area (Å²) in [6.45, 7) is 4.45. The molecule has 2 rings (SSSR count). The molecule has 0 radical (unpaired) electrons. The van der Waals surface area contributed by atoms with Gasteiger partial charge in [-0.2, -0.15) is 0 Å². The molecular weight excluding hydrogens is 295 g/mol. The van der Waals surface area contributed by atoms with E-state index in [0.29, 0.717) is 27.6 Å². The normalized spacial score (nSPS) is 26.1. The van der Waals surface area contributed by atoms with Crippen LogP contribution in [0.3, 0.4) is 0 Å². The molecule has 0 saturated heterocycles. The van der Waals surface area contributed by atoms with E-state index in [1.54, 1.807) is 18.2 Å². The standard InChI is InChI=1S/C15H20Cl2N2O/c1-9-4-3-5-14(10(9)2)19-15(20)18-11-6-7-12(16)13(17)8-11/h6-10,14H,3-5H2,1-2H3,(H2,18,19,20)/t9-,10+,14+/m0/s1. The van der Waals surface area contributed by atoms with E-state index >= 15 is 0 Å². The summed E-state index contributed by atoms with van der Waals surface area (Å²) in [6, 6.07) is 5.11. The lowest BCUT2D eigenvalue weighted by atomic mass is 9.78. The SMILES string of the molecule is C[C@@H]1[C@@H](C)CCC[C@H]1NC(=O)Nc1ccc(Cl)c(Cl)c1. The lowest BCUT2D eigenvalue weighted by Crippen LogP contribution is -2.45. The summed E-state index contributed by atoms with van der Waals surface area (Å²) in [5.41, 5.74) is 0.647. The maximum absolute atomic E-state index is 12.0. The smallest absolute Gasteiger partial charge is 0.319 e. The van der Waals surface area contributed by atoms with Gasteiger partial charge in [0, 0.05) is 11.7 Å². The Labute approximate surface area is 130 Å². The van der Waals surface area contributed by atoms with Gasteiger partial charge in [0.1, 0.15) is 0 Å². The number of carbonyl (C=O) groups excluding carboxylic acids is 1. The number of anilines is 1. The van der Waals surface area contributed by atoms with Crippen LogP contribution in [-0.4, -0.2) is 12.1 Å². The van der Waals surface area contributed by atoms with Crippen molar-refractivity contribution in [1.82, 2.24) is 5.32 Å². The quantitative estimate of drug-likeness (QED) is 0.797. The fourth-order valence-electron chi connectivity index (χ4n) is 2.70. The molecule has 110 valence electrons. The van der Waals surface area contributed by atoms with Crippen LogP contribution in [-0.2, 0) is 0 Å². The van der Waals surface area contributed by atoms with Gasteiger partial charge >= 0.3 is 6.03 Å². The largest absolute Gasteiger partial charge is 0.335 e. The number of hydrogen-bond donors (Lipinski definition) is 2. The lowest BCUT2D eigenvalue weighted by Gasteiger charge is -2.34. The van der Waals surface area contributed by atoms with Crippen LogP contribution in [0.2, 0.25) is 10.0 Å². The summed E-state index contributed by atoms with van der Waals surface area (Å²) in [7, 11) is 0. The van der Waals surface area contributed by atoms with Gasteiger partial charge in [0.15, 0.2) is 0 Å². The molecule has 0 aromatic heterocycles. The molecule has 1 saturated carbocycles. The molecule has 0 spiro atoms. The van der Waals surface area contributed by atoms with Gasteiger partial charge in [0.25, 0.3) is 0 Å². The van der Waals surface area contributed by atoms with Crippen LogP contribution in [0.1, 0.15) is 33.1 Å². The van der Waals surface area contributed by atoms with Crippen molar-refractivity contribution < 1.29 is 4.79 Å². The number of amides is 2. The molecule has 1 aliphatic carbocycles. The Morgan fingerprint density at radius 1 is 1.20 bits per heavy atom.